The molecular weight excluding hydrogens is 324 g/mol. The number of carbonyl (C=O) groups is 1. The van der Waals surface area contributed by atoms with Gasteiger partial charge in [-0.15, -0.1) is 11.3 Å². The molecule has 0 bridgehead atoms. The first-order valence-electron chi connectivity index (χ1n) is 8.62. The molecule has 1 amide bonds. The largest absolute Gasteiger partial charge is 0.368 e. The lowest BCUT2D eigenvalue weighted by Crippen LogP contribution is -2.56. The fourth-order valence-electron chi connectivity index (χ4n) is 3.49. The van der Waals surface area contributed by atoms with Crippen molar-refractivity contribution in [1.29, 1.82) is 5.26 Å². The summed E-state index contributed by atoms with van der Waals surface area (Å²) in [5.41, 5.74) is -0.676. The Labute approximate surface area is 146 Å². The van der Waals surface area contributed by atoms with E-state index >= 15 is 0 Å². The van der Waals surface area contributed by atoms with Crippen molar-refractivity contribution in [1.82, 2.24) is 15.2 Å². The van der Waals surface area contributed by atoms with Crippen LogP contribution in [0.15, 0.2) is 11.6 Å². The highest BCUT2D eigenvalue weighted by molar-refractivity contribution is 7.09. The summed E-state index contributed by atoms with van der Waals surface area (Å²) in [6, 6.07) is 2.08. The van der Waals surface area contributed by atoms with Crippen molar-refractivity contribution < 1.29 is 9.53 Å². The van der Waals surface area contributed by atoms with Crippen LogP contribution >= 0.6 is 11.3 Å². The normalized spacial score (nSPS) is 25.6. The molecule has 0 spiro atoms. The van der Waals surface area contributed by atoms with Crippen molar-refractivity contribution in [2.45, 2.75) is 56.7 Å². The quantitative estimate of drug-likeness (QED) is 0.903. The minimum atomic E-state index is -0.676. The van der Waals surface area contributed by atoms with E-state index in [0.717, 1.165) is 43.7 Å². The van der Waals surface area contributed by atoms with Crippen LogP contribution in [-0.2, 0) is 9.53 Å². The van der Waals surface area contributed by atoms with Crippen LogP contribution in [0.4, 0.5) is 0 Å². The molecule has 2 fully saturated rings. The van der Waals surface area contributed by atoms with Crippen LogP contribution in [0.2, 0.25) is 0 Å². The van der Waals surface area contributed by atoms with Gasteiger partial charge in [0.1, 0.15) is 16.7 Å². The van der Waals surface area contributed by atoms with Crippen molar-refractivity contribution in [3.8, 4) is 6.07 Å². The Kier molecular flexibility index (Phi) is 5.49. The number of amides is 1. The number of carbonyl (C=O) groups excluding carboxylic acids is 1. The van der Waals surface area contributed by atoms with Gasteiger partial charge in [-0.2, -0.15) is 5.26 Å². The number of nitriles is 1. The molecule has 24 heavy (non-hydrogen) atoms. The van der Waals surface area contributed by atoms with Crippen LogP contribution in [0.5, 0.6) is 0 Å². The first-order chi connectivity index (χ1) is 11.6. The molecule has 0 radical (unpaired) electrons. The zero-order valence-corrected chi connectivity index (χ0v) is 14.8. The average molecular weight is 348 g/mol. The third kappa shape index (κ3) is 3.77. The topological polar surface area (TPSA) is 78.2 Å². The predicted octanol–water partition coefficient (Wildman–Crippen LogP) is 2.25. The molecule has 6 nitrogen and oxygen atoms in total. The third-order valence-electron chi connectivity index (χ3n) is 5.04. The Morgan fingerprint density at radius 1 is 1.54 bits per heavy atom. The number of nitrogens with one attached hydrogen (secondary N) is 1. The Morgan fingerprint density at radius 2 is 2.33 bits per heavy atom. The number of ether oxygens (including phenoxy) is 1. The number of morpholine rings is 1. The summed E-state index contributed by atoms with van der Waals surface area (Å²) in [6.45, 7) is 3.87. The Morgan fingerprint density at radius 3 is 3.00 bits per heavy atom. The maximum Gasteiger partial charge on any atom is 0.238 e. The second-order valence-electron chi connectivity index (χ2n) is 6.64. The van der Waals surface area contributed by atoms with Crippen molar-refractivity contribution in [2.24, 2.45) is 0 Å². The predicted molar refractivity (Wildman–Crippen MR) is 91.4 cm³/mol. The molecule has 0 unspecified atom stereocenters. The minimum Gasteiger partial charge on any atom is -0.368 e. The van der Waals surface area contributed by atoms with Gasteiger partial charge in [0, 0.05) is 24.7 Å². The molecule has 1 aliphatic heterocycles. The van der Waals surface area contributed by atoms with Crippen LogP contribution < -0.4 is 5.32 Å². The van der Waals surface area contributed by atoms with Gasteiger partial charge in [0.25, 0.3) is 0 Å². The molecule has 130 valence electrons. The lowest BCUT2D eigenvalue weighted by atomic mass is 9.82. The standard InChI is InChI=1S/C17H24N4O2S/c1-13(15(22)20-17(12-18)5-3-2-4-6-17)21-8-9-23-14(11-21)16-19-7-10-24-16/h7,10,13-14H,2-6,8-9,11H2,1H3,(H,20,22)/t13-,14+/m0/s1. The lowest BCUT2D eigenvalue weighted by Gasteiger charge is -2.38. The van der Waals surface area contributed by atoms with E-state index in [0.29, 0.717) is 13.2 Å². The molecule has 3 rings (SSSR count). The van der Waals surface area contributed by atoms with Crippen molar-refractivity contribution >= 4 is 17.2 Å². The molecule has 1 saturated carbocycles. The molecular formula is C17H24N4O2S. The Bertz CT molecular complexity index is 592. The maximum absolute atomic E-state index is 12.7. The Hall–Kier alpha value is -1.49. The van der Waals surface area contributed by atoms with Crippen LogP contribution in [0.3, 0.4) is 0 Å². The van der Waals surface area contributed by atoms with E-state index in [4.69, 9.17) is 4.74 Å². The van der Waals surface area contributed by atoms with Crippen LogP contribution in [0.25, 0.3) is 0 Å². The van der Waals surface area contributed by atoms with E-state index in [1.54, 1.807) is 17.5 Å². The van der Waals surface area contributed by atoms with E-state index in [9.17, 15) is 10.1 Å². The number of rotatable bonds is 4. The number of thiazole rings is 1. The minimum absolute atomic E-state index is 0.0572. The highest BCUT2D eigenvalue weighted by Gasteiger charge is 2.37. The van der Waals surface area contributed by atoms with Gasteiger partial charge in [-0.05, 0) is 19.8 Å². The summed E-state index contributed by atoms with van der Waals surface area (Å²) in [4.78, 5) is 19.2. The number of hydrogen-bond acceptors (Lipinski definition) is 6. The number of nitrogens with zero attached hydrogens (tertiary/aromatic N) is 3. The summed E-state index contributed by atoms with van der Waals surface area (Å²) in [6.07, 6.45) is 6.37. The van der Waals surface area contributed by atoms with E-state index in [1.165, 1.54) is 0 Å². The van der Waals surface area contributed by atoms with Gasteiger partial charge in [-0.25, -0.2) is 4.98 Å². The van der Waals surface area contributed by atoms with Crippen molar-refractivity contribution in [3.05, 3.63) is 16.6 Å². The molecule has 1 aromatic rings. The number of hydrogen-bond donors (Lipinski definition) is 1. The summed E-state index contributed by atoms with van der Waals surface area (Å²) in [7, 11) is 0. The first kappa shape index (κ1) is 17.3. The van der Waals surface area contributed by atoms with E-state index in [1.807, 2.05) is 12.3 Å². The number of aromatic nitrogens is 1. The SMILES string of the molecule is C[C@@H](C(=O)NC1(C#N)CCCCC1)N1CCO[C@@H](c2nccs2)C1. The fourth-order valence-corrected chi connectivity index (χ4v) is 4.17. The molecule has 1 N–H and O–H groups in total. The highest BCUT2D eigenvalue weighted by atomic mass is 32.1. The molecule has 2 heterocycles. The van der Waals surface area contributed by atoms with Gasteiger partial charge in [0.15, 0.2) is 0 Å². The molecule has 2 aliphatic rings. The molecule has 1 aliphatic carbocycles. The smallest absolute Gasteiger partial charge is 0.238 e. The van der Waals surface area contributed by atoms with Crippen molar-refractivity contribution in [2.75, 3.05) is 19.7 Å². The Balaban J connectivity index is 1.61. The fraction of sp³-hybridized carbons (Fsp3) is 0.706. The van der Waals surface area contributed by atoms with Gasteiger partial charge in [0.05, 0.1) is 18.7 Å². The summed E-state index contributed by atoms with van der Waals surface area (Å²) >= 11 is 1.58. The highest BCUT2D eigenvalue weighted by Crippen LogP contribution is 2.28. The zero-order valence-electron chi connectivity index (χ0n) is 14.0. The maximum atomic E-state index is 12.7. The van der Waals surface area contributed by atoms with E-state index < -0.39 is 5.54 Å². The molecule has 2 atom stereocenters. The van der Waals surface area contributed by atoms with Crippen LogP contribution in [-0.4, -0.2) is 47.1 Å². The van der Waals surface area contributed by atoms with E-state index in [-0.39, 0.29) is 18.1 Å². The van der Waals surface area contributed by atoms with Gasteiger partial charge in [-0.3, -0.25) is 9.69 Å². The van der Waals surface area contributed by atoms with Crippen LogP contribution in [0, 0.1) is 11.3 Å². The van der Waals surface area contributed by atoms with Gasteiger partial charge in [0.2, 0.25) is 5.91 Å². The molecule has 0 aromatic carbocycles. The second kappa shape index (κ2) is 7.60. The third-order valence-corrected chi connectivity index (χ3v) is 5.90. The summed E-state index contributed by atoms with van der Waals surface area (Å²) in [5, 5.41) is 15.5. The zero-order chi connectivity index (χ0) is 17.0. The van der Waals surface area contributed by atoms with Crippen molar-refractivity contribution in [3.63, 3.8) is 0 Å². The summed E-state index contributed by atoms with van der Waals surface area (Å²) in [5.74, 6) is -0.0572. The van der Waals surface area contributed by atoms with Crippen LogP contribution in [0.1, 0.15) is 50.1 Å². The molecule has 1 saturated heterocycles. The first-order valence-corrected chi connectivity index (χ1v) is 9.50. The molecule has 1 aromatic heterocycles. The summed E-state index contributed by atoms with van der Waals surface area (Å²) < 4.78 is 5.80. The van der Waals surface area contributed by atoms with Gasteiger partial charge in [-0.1, -0.05) is 19.3 Å². The van der Waals surface area contributed by atoms with E-state index in [2.05, 4.69) is 21.3 Å². The monoisotopic (exact) mass is 348 g/mol. The van der Waals surface area contributed by atoms with Gasteiger partial charge >= 0.3 is 0 Å². The lowest BCUT2D eigenvalue weighted by molar-refractivity contribution is -0.131. The second-order valence-corrected chi connectivity index (χ2v) is 7.57. The average Bonchev–Trinajstić information content (AvgIpc) is 3.16. The van der Waals surface area contributed by atoms with Gasteiger partial charge < -0.3 is 10.1 Å². The molecule has 7 heteroatoms.